The second-order valence-electron chi connectivity index (χ2n) is 6.71. The summed E-state index contributed by atoms with van der Waals surface area (Å²) in [4.78, 5) is 3.59. The van der Waals surface area contributed by atoms with Crippen LogP contribution in [0, 0.1) is 5.92 Å². The normalized spacial score (nSPS) is 12.3. The van der Waals surface area contributed by atoms with Crippen molar-refractivity contribution < 1.29 is 4.74 Å². The Morgan fingerprint density at radius 2 is 1.88 bits per heavy atom. The molecule has 1 atom stereocenters. The molecule has 1 aromatic heterocycles. The molecular formula is C23H26ClNO. The molecule has 0 saturated heterocycles. The Hall–Kier alpha value is -2.19. The Morgan fingerprint density at radius 1 is 1.15 bits per heavy atom. The second-order valence-corrected chi connectivity index (χ2v) is 7.15. The highest BCUT2D eigenvalue weighted by Crippen LogP contribution is 2.40. The van der Waals surface area contributed by atoms with E-state index in [2.05, 4.69) is 37.5 Å². The van der Waals surface area contributed by atoms with Crippen molar-refractivity contribution in [3.8, 4) is 17.0 Å². The largest absolute Gasteiger partial charge is 0.497 e. The molecule has 0 fully saturated rings. The van der Waals surface area contributed by atoms with Crippen molar-refractivity contribution in [3.05, 3.63) is 59.6 Å². The van der Waals surface area contributed by atoms with Gasteiger partial charge in [-0.3, -0.25) is 0 Å². The zero-order valence-electron chi connectivity index (χ0n) is 15.7. The molecule has 0 saturated carbocycles. The van der Waals surface area contributed by atoms with Gasteiger partial charge in [0.15, 0.2) is 0 Å². The van der Waals surface area contributed by atoms with Gasteiger partial charge in [-0.15, -0.1) is 0 Å². The molecule has 0 spiro atoms. The molecule has 1 unspecified atom stereocenters. The first-order valence-electron chi connectivity index (χ1n) is 9.23. The highest BCUT2D eigenvalue weighted by molar-refractivity contribution is 6.31. The third-order valence-corrected chi connectivity index (χ3v) is 5.32. The molecule has 3 heteroatoms. The maximum absolute atomic E-state index is 6.30. The van der Waals surface area contributed by atoms with E-state index in [1.807, 2.05) is 30.3 Å². The Labute approximate surface area is 160 Å². The van der Waals surface area contributed by atoms with Crippen molar-refractivity contribution >= 4 is 28.1 Å². The summed E-state index contributed by atoms with van der Waals surface area (Å²) in [5.41, 5.74) is 5.69. The number of H-pyrrole nitrogens is 1. The number of fused-ring (bicyclic) bond motifs is 1. The third-order valence-electron chi connectivity index (χ3n) is 5.08. The van der Waals surface area contributed by atoms with E-state index >= 15 is 0 Å². The molecule has 0 aliphatic heterocycles. The number of ether oxygens (including phenoxy) is 1. The minimum atomic E-state index is 0.468. The van der Waals surface area contributed by atoms with Gasteiger partial charge in [-0.25, -0.2) is 0 Å². The Morgan fingerprint density at radius 3 is 2.50 bits per heavy atom. The molecule has 3 rings (SSSR count). The highest BCUT2D eigenvalue weighted by atomic mass is 35.5. The van der Waals surface area contributed by atoms with E-state index in [-0.39, 0.29) is 0 Å². The fourth-order valence-corrected chi connectivity index (χ4v) is 3.82. The van der Waals surface area contributed by atoms with Gasteiger partial charge in [-0.05, 0) is 72.4 Å². The lowest BCUT2D eigenvalue weighted by atomic mass is 9.86. The fourth-order valence-electron chi connectivity index (χ4n) is 3.65. The van der Waals surface area contributed by atoms with E-state index in [1.165, 1.54) is 11.1 Å². The SMILES string of the molecule is C=C(c1c(-c2ccc(OC)cc2)[nH]c2ccc(Cl)cc12)C(CC)CCC. The van der Waals surface area contributed by atoms with E-state index in [0.717, 1.165) is 52.2 Å². The smallest absolute Gasteiger partial charge is 0.118 e. The van der Waals surface area contributed by atoms with Crippen molar-refractivity contribution in [2.75, 3.05) is 7.11 Å². The number of halogens is 1. The lowest BCUT2D eigenvalue weighted by molar-refractivity contribution is 0.415. The zero-order valence-corrected chi connectivity index (χ0v) is 16.5. The number of hydrogen-bond acceptors (Lipinski definition) is 1. The molecule has 0 aliphatic carbocycles. The number of nitrogens with one attached hydrogen (secondary N) is 1. The van der Waals surface area contributed by atoms with Crippen molar-refractivity contribution in [2.24, 2.45) is 5.92 Å². The van der Waals surface area contributed by atoms with Gasteiger partial charge in [-0.1, -0.05) is 38.4 Å². The van der Waals surface area contributed by atoms with Gasteiger partial charge in [0.1, 0.15) is 5.75 Å². The number of allylic oxidation sites excluding steroid dienone is 1. The van der Waals surface area contributed by atoms with E-state index in [4.69, 9.17) is 16.3 Å². The van der Waals surface area contributed by atoms with Crippen molar-refractivity contribution in [2.45, 2.75) is 33.1 Å². The van der Waals surface area contributed by atoms with Gasteiger partial charge in [0.2, 0.25) is 0 Å². The van der Waals surface area contributed by atoms with Crippen LogP contribution < -0.4 is 4.74 Å². The summed E-state index contributed by atoms with van der Waals surface area (Å²) in [6.07, 6.45) is 3.38. The van der Waals surface area contributed by atoms with Crippen LogP contribution in [0.1, 0.15) is 38.7 Å². The quantitative estimate of drug-likeness (QED) is 0.464. The van der Waals surface area contributed by atoms with E-state index in [9.17, 15) is 0 Å². The first-order valence-corrected chi connectivity index (χ1v) is 9.61. The van der Waals surface area contributed by atoms with Crippen LogP contribution >= 0.6 is 11.6 Å². The first kappa shape index (κ1) is 18.6. The second kappa shape index (κ2) is 8.01. The third kappa shape index (κ3) is 3.52. The van der Waals surface area contributed by atoms with Crippen LogP contribution in [0.15, 0.2) is 49.0 Å². The molecule has 2 aromatic carbocycles. The molecule has 0 amide bonds. The van der Waals surface area contributed by atoms with Crippen LogP contribution in [0.4, 0.5) is 0 Å². The van der Waals surface area contributed by atoms with Gasteiger partial charge in [-0.2, -0.15) is 0 Å². The van der Waals surface area contributed by atoms with Crippen LogP contribution in [0.25, 0.3) is 27.7 Å². The maximum atomic E-state index is 6.30. The van der Waals surface area contributed by atoms with Crippen LogP contribution in [-0.4, -0.2) is 12.1 Å². The van der Waals surface area contributed by atoms with Gasteiger partial charge >= 0.3 is 0 Å². The molecule has 1 heterocycles. The van der Waals surface area contributed by atoms with Gasteiger partial charge in [0.05, 0.1) is 12.8 Å². The maximum Gasteiger partial charge on any atom is 0.118 e. The predicted molar refractivity (Wildman–Crippen MR) is 113 cm³/mol. The van der Waals surface area contributed by atoms with Gasteiger partial charge in [0, 0.05) is 21.5 Å². The average Bonchev–Trinajstić information content (AvgIpc) is 3.04. The number of methoxy groups -OCH3 is 1. The van der Waals surface area contributed by atoms with Gasteiger partial charge in [0.25, 0.3) is 0 Å². The molecular weight excluding hydrogens is 342 g/mol. The predicted octanol–water partition coefficient (Wildman–Crippen LogP) is 7.34. The molecule has 136 valence electrons. The van der Waals surface area contributed by atoms with E-state index in [1.54, 1.807) is 7.11 Å². The Kier molecular flexibility index (Phi) is 5.73. The molecule has 1 N–H and O–H groups in total. The van der Waals surface area contributed by atoms with E-state index in [0.29, 0.717) is 5.92 Å². The Balaban J connectivity index is 2.19. The van der Waals surface area contributed by atoms with Crippen molar-refractivity contribution in [1.29, 1.82) is 0 Å². The lowest BCUT2D eigenvalue weighted by Crippen LogP contribution is -2.02. The standard InChI is InChI=1S/C23H26ClNO/c1-5-7-16(6-2)15(3)22-20-14-18(24)10-13-21(20)25-23(22)17-8-11-19(26-4)12-9-17/h8-14,16,25H,3,5-7H2,1-2,4H3. The molecule has 2 nitrogen and oxygen atoms in total. The van der Waals surface area contributed by atoms with Gasteiger partial charge < -0.3 is 9.72 Å². The van der Waals surface area contributed by atoms with Crippen molar-refractivity contribution in [1.82, 2.24) is 4.98 Å². The zero-order chi connectivity index (χ0) is 18.7. The molecule has 26 heavy (non-hydrogen) atoms. The molecule has 0 aliphatic rings. The monoisotopic (exact) mass is 367 g/mol. The number of rotatable bonds is 7. The Bertz CT molecular complexity index is 908. The summed E-state index contributed by atoms with van der Waals surface area (Å²) in [6, 6.07) is 14.2. The summed E-state index contributed by atoms with van der Waals surface area (Å²) in [6.45, 7) is 8.96. The fraction of sp³-hybridized carbons (Fsp3) is 0.304. The highest BCUT2D eigenvalue weighted by Gasteiger charge is 2.20. The summed E-state index contributed by atoms with van der Waals surface area (Å²) in [5.74, 6) is 1.32. The number of benzene rings is 2. The van der Waals surface area contributed by atoms with Crippen LogP contribution in [0.3, 0.4) is 0 Å². The minimum Gasteiger partial charge on any atom is -0.497 e. The van der Waals surface area contributed by atoms with Crippen LogP contribution in [-0.2, 0) is 0 Å². The number of aromatic nitrogens is 1. The minimum absolute atomic E-state index is 0.468. The summed E-state index contributed by atoms with van der Waals surface area (Å²) >= 11 is 6.30. The average molecular weight is 368 g/mol. The molecule has 0 radical (unpaired) electrons. The summed E-state index contributed by atoms with van der Waals surface area (Å²) < 4.78 is 5.30. The summed E-state index contributed by atoms with van der Waals surface area (Å²) in [5, 5.41) is 1.89. The molecule has 0 bridgehead atoms. The van der Waals surface area contributed by atoms with Crippen LogP contribution in [0.5, 0.6) is 5.75 Å². The van der Waals surface area contributed by atoms with E-state index < -0.39 is 0 Å². The number of hydrogen-bond donors (Lipinski definition) is 1. The number of aromatic amines is 1. The molecule has 3 aromatic rings. The first-order chi connectivity index (χ1) is 12.6. The van der Waals surface area contributed by atoms with Crippen molar-refractivity contribution in [3.63, 3.8) is 0 Å². The lowest BCUT2D eigenvalue weighted by Gasteiger charge is -2.18. The van der Waals surface area contributed by atoms with Crippen LogP contribution in [0.2, 0.25) is 5.02 Å². The summed E-state index contributed by atoms with van der Waals surface area (Å²) in [7, 11) is 1.68. The topological polar surface area (TPSA) is 25.0 Å².